The lowest BCUT2D eigenvalue weighted by molar-refractivity contribution is 0.226. The van der Waals surface area contributed by atoms with Gasteiger partial charge in [-0.2, -0.15) is 0 Å². The molecule has 0 unspecified atom stereocenters. The Morgan fingerprint density at radius 1 is 1.17 bits per heavy atom. The zero-order valence-electron chi connectivity index (χ0n) is 15.5. The molecule has 1 aromatic carbocycles. The van der Waals surface area contributed by atoms with Crippen LogP contribution in [-0.4, -0.2) is 33.3 Å². The molecule has 4 rings (SSSR count). The van der Waals surface area contributed by atoms with Crippen LogP contribution in [0.1, 0.15) is 30.0 Å². The molecule has 29 heavy (non-hydrogen) atoms. The van der Waals surface area contributed by atoms with Crippen LogP contribution in [0.25, 0.3) is 0 Å². The predicted molar refractivity (Wildman–Crippen MR) is 118 cm³/mol. The van der Waals surface area contributed by atoms with Gasteiger partial charge in [-0.25, -0.2) is 0 Å². The third-order valence-corrected chi connectivity index (χ3v) is 6.21. The van der Waals surface area contributed by atoms with Gasteiger partial charge in [-0.1, -0.05) is 29.4 Å². The van der Waals surface area contributed by atoms with Crippen molar-refractivity contribution in [3.05, 3.63) is 77.3 Å². The molecule has 1 fully saturated rings. The molecule has 2 aromatic heterocycles. The molecule has 150 valence electrons. The lowest BCUT2D eigenvalue weighted by Gasteiger charge is -2.25. The first-order chi connectivity index (χ1) is 14.2. The van der Waals surface area contributed by atoms with Crippen molar-refractivity contribution in [3.8, 4) is 0 Å². The van der Waals surface area contributed by atoms with Gasteiger partial charge in [-0.15, -0.1) is 0 Å². The van der Waals surface area contributed by atoms with Crippen LogP contribution in [0.3, 0.4) is 0 Å². The van der Waals surface area contributed by atoms with Gasteiger partial charge in [0.25, 0.3) is 0 Å². The van der Waals surface area contributed by atoms with Crippen LogP contribution in [0.2, 0.25) is 5.02 Å². The molecule has 3 heterocycles. The van der Waals surface area contributed by atoms with E-state index in [1.165, 1.54) is 0 Å². The van der Waals surface area contributed by atoms with Crippen LogP contribution in [0.15, 0.2) is 75.2 Å². The summed E-state index contributed by atoms with van der Waals surface area (Å²) in [6.45, 7) is 0.743. The van der Waals surface area contributed by atoms with Crippen LogP contribution >= 0.6 is 35.6 Å². The lowest BCUT2D eigenvalue weighted by Crippen LogP contribution is -2.30. The number of hydrogen-bond donors (Lipinski definition) is 2. The summed E-state index contributed by atoms with van der Waals surface area (Å²) in [7, 11) is 0. The fourth-order valence-corrected chi connectivity index (χ4v) is 4.60. The van der Waals surface area contributed by atoms with Crippen molar-refractivity contribution in [2.45, 2.75) is 28.5 Å². The summed E-state index contributed by atoms with van der Waals surface area (Å²) >= 11 is 13.1. The summed E-state index contributed by atoms with van der Waals surface area (Å²) in [6.07, 6.45) is 2.40. The van der Waals surface area contributed by atoms with E-state index in [0.717, 1.165) is 21.4 Å². The van der Waals surface area contributed by atoms with Crippen molar-refractivity contribution < 1.29 is 9.52 Å². The second-order valence-corrected chi connectivity index (χ2v) is 8.51. The number of halogens is 1. The van der Waals surface area contributed by atoms with E-state index in [4.69, 9.17) is 28.2 Å². The van der Waals surface area contributed by atoms with Gasteiger partial charge in [-0.05, 0) is 67.2 Å². The van der Waals surface area contributed by atoms with E-state index in [1.54, 1.807) is 18.0 Å². The lowest BCUT2D eigenvalue weighted by atomic mass is 10.0. The quantitative estimate of drug-likeness (QED) is 0.505. The van der Waals surface area contributed by atoms with E-state index in [0.29, 0.717) is 23.1 Å². The zero-order valence-corrected chi connectivity index (χ0v) is 17.9. The van der Waals surface area contributed by atoms with Gasteiger partial charge >= 0.3 is 0 Å². The number of pyridine rings is 1. The van der Waals surface area contributed by atoms with Crippen LogP contribution in [0.4, 0.5) is 0 Å². The normalized spacial score (nSPS) is 18.8. The first kappa shape index (κ1) is 20.2. The summed E-state index contributed by atoms with van der Waals surface area (Å²) < 4.78 is 6.21. The number of aliphatic hydroxyl groups is 1. The van der Waals surface area contributed by atoms with Crippen molar-refractivity contribution in [3.63, 3.8) is 0 Å². The molecule has 2 N–H and O–H groups in total. The van der Waals surface area contributed by atoms with Crippen molar-refractivity contribution in [2.24, 2.45) is 0 Å². The molecule has 5 nitrogen and oxygen atoms in total. The second-order valence-electron chi connectivity index (χ2n) is 6.61. The Morgan fingerprint density at radius 2 is 2.00 bits per heavy atom. The van der Waals surface area contributed by atoms with Crippen molar-refractivity contribution in [1.29, 1.82) is 0 Å². The highest BCUT2D eigenvalue weighted by Gasteiger charge is 2.41. The number of aliphatic hydroxyl groups excluding tert-OH is 1. The summed E-state index contributed by atoms with van der Waals surface area (Å²) in [4.78, 5) is 7.63. The molecular weight excluding hydrogens is 426 g/mol. The predicted octanol–water partition coefficient (Wildman–Crippen LogP) is 4.83. The number of nitrogens with zero attached hydrogens (tertiary/aromatic N) is 2. The van der Waals surface area contributed by atoms with Gasteiger partial charge in [0.15, 0.2) is 10.2 Å². The Kier molecular flexibility index (Phi) is 6.40. The third kappa shape index (κ3) is 4.59. The Morgan fingerprint density at radius 3 is 2.72 bits per heavy atom. The smallest absolute Gasteiger partial charge is 0.170 e. The zero-order chi connectivity index (χ0) is 20.2. The Bertz CT molecular complexity index is 966. The molecule has 0 radical (unpaired) electrons. The maximum Gasteiger partial charge on any atom is 0.170 e. The van der Waals surface area contributed by atoms with Crippen molar-refractivity contribution in [1.82, 2.24) is 15.2 Å². The van der Waals surface area contributed by atoms with Gasteiger partial charge in [0.1, 0.15) is 11.8 Å². The second kappa shape index (κ2) is 9.17. The minimum Gasteiger partial charge on any atom is -0.452 e. The topological polar surface area (TPSA) is 61.5 Å². The highest BCUT2D eigenvalue weighted by atomic mass is 35.5. The highest BCUT2D eigenvalue weighted by molar-refractivity contribution is 7.99. The van der Waals surface area contributed by atoms with Gasteiger partial charge < -0.3 is 19.7 Å². The molecule has 0 aliphatic carbocycles. The van der Waals surface area contributed by atoms with Gasteiger partial charge in [0.2, 0.25) is 0 Å². The van der Waals surface area contributed by atoms with Crippen LogP contribution in [0, 0.1) is 0 Å². The Labute approximate surface area is 184 Å². The maximum absolute atomic E-state index is 9.30. The molecule has 2 atom stereocenters. The third-order valence-electron chi connectivity index (χ3n) is 4.68. The number of benzene rings is 1. The van der Waals surface area contributed by atoms with Gasteiger partial charge in [-0.3, -0.25) is 4.98 Å². The molecule has 0 spiro atoms. The first-order valence-corrected chi connectivity index (χ1v) is 10.9. The molecular formula is C21H20ClN3O2S2. The molecule has 0 saturated carbocycles. The van der Waals surface area contributed by atoms with Crippen LogP contribution in [0.5, 0.6) is 0 Å². The van der Waals surface area contributed by atoms with E-state index >= 15 is 0 Å². The van der Waals surface area contributed by atoms with E-state index in [2.05, 4.69) is 15.2 Å². The summed E-state index contributed by atoms with van der Waals surface area (Å²) in [5.41, 5.74) is 0.898. The van der Waals surface area contributed by atoms with Crippen LogP contribution in [-0.2, 0) is 0 Å². The number of furan rings is 1. The highest BCUT2D eigenvalue weighted by Crippen LogP contribution is 2.41. The first-order valence-electron chi connectivity index (χ1n) is 9.28. The van der Waals surface area contributed by atoms with E-state index in [-0.39, 0.29) is 18.7 Å². The average Bonchev–Trinajstić information content (AvgIpc) is 3.32. The van der Waals surface area contributed by atoms with E-state index < -0.39 is 0 Å². The molecule has 0 bridgehead atoms. The van der Waals surface area contributed by atoms with Crippen LogP contribution < -0.4 is 5.32 Å². The fourth-order valence-electron chi connectivity index (χ4n) is 3.36. The van der Waals surface area contributed by atoms with Gasteiger partial charge in [0, 0.05) is 29.3 Å². The molecule has 8 heteroatoms. The number of aromatic nitrogens is 1. The molecule has 3 aromatic rings. The fraction of sp³-hybridized carbons (Fsp3) is 0.238. The average molecular weight is 446 g/mol. The van der Waals surface area contributed by atoms with E-state index in [9.17, 15) is 5.11 Å². The SMILES string of the molecule is OCCCN1C(=S)N[C@@H](c2ccccn2)[C@@H]1c1ccc(Sc2ccc(Cl)cc2)o1. The number of thiocarbonyl (C=S) groups is 1. The van der Waals surface area contributed by atoms with Crippen molar-refractivity contribution in [2.75, 3.05) is 13.2 Å². The molecule has 1 saturated heterocycles. The number of hydrogen-bond acceptors (Lipinski definition) is 5. The largest absolute Gasteiger partial charge is 0.452 e. The Hall–Kier alpha value is -2.06. The van der Waals surface area contributed by atoms with Crippen molar-refractivity contribution >= 4 is 40.7 Å². The molecule has 1 aliphatic heterocycles. The maximum atomic E-state index is 9.30. The summed E-state index contributed by atoms with van der Waals surface area (Å²) in [5, 5.41) is 14.8. The van der Waals surface area contributed by atoms with E-state index in [1.807, 2.05) is 54.6 Å². The summed E-state index contributed by atoms with van der Waals surface area (Å²) in [6, 6.07) is 17.2. The monoisotopic (exact) mass is 445 g/mol. The standard InChI is InChI=1S/C21H20ClN3O2S2/c22-14-5-7-15(8-6-14)29-18-10-9-17(27-18)20-19(16-4-1-2-11-23-16)24-21(28)25(20)12-3-13-26/h1-2,4-11,19-20,26H,3,12-13H2,(H,24,28)/t19-,20-/m0/s1. The summed E-state index contributed by atoms with van der Waals surface area (Å²) in [5.74, 6) is 0.808. The minimum absolute atomic E-state index is 0.107. The number of rotatable bonds is 7. The van der Waals surface area contributed by atoms with Gasteiger partial charge in [0.05, 0.1) is 11.7 Å². The Balaban J connectivity index is 1.62. The molecule has 1 aliphatic rings. The minimum atomic E-state index is -0.136. The number of nitrogens with one attached hydrogen (secondary N) is 1. The molecule has 0 amide bonds.